The number of nitrogens with zero attached hydrogens (tertiary/aromatic N) is 1. The second-order valence-corrected chi connectivity index (χ2v) is 10.0. The van der Waals surface area contributed by atoms with E-state index in [2.05, 4.69) is 20.6 Å². The molecule has 2 N–H and O–H groups in total. The van der Waals surface area contributed by atoms with Crippen molar-refractivity contribution in [2.24, 2.45) is 0 Å². The molecular formula is C25H23F2N3O3S. The summed E-state index contributed by atoms with van der Waals surface area (Å²) in [6.45, 7) is 1.81. The molecule has 4 rings (SSSR count). The van der Waals surface area contributed by atoms with E-state index < -0.39 is 32.7 Å². The second kappa shape index (κ2) is 9.26. The Balaban J connectivity index is 1.78. The van der Waals surface area contributed by atoms with Crippen molar-refractivity contribution in [3.05, 3.63) is 77.6 Å². The molecule has 6 nitrogen and oxygen atoms in total. The number of H-pyrrole nitrogens is 1. The van der Waals surface area contributed by atoms with Gasteiger partial charge in [0.05, 0.1) is 18.4 Å². The average Bonchev–Trinajstić information content (AvgIpc) is 3.24. The van der Waals surface area contributed by atoms with Gasteiger partial charge in [-0.2, -0.15) is 0 Å². The number of rotatable bonds is 8. The lowest BCUT2D eigenvalue weighted by Crippen LogP contribution is -2.18. The smallest absolute Gasteiger partial charge is 0.201 e. The molecule has 9 heteroatoms. The molecule has 0 radical (unpaired) electrons. The van der Waals surface area contributed by atoms with Gasteiger partial charge in [-0.1, -0.05) is 19.1 Å². The fraction of sp³-hybridized carbons (Fsp3) is 0.160. The molecule has 176 valence electrons. The van der Waals surface area contributed by atoms with E-state index >= 15 is 4.39 Å². The number of carbonyl (C=O) groups excluding carboxylic acids is 1. The van der Waals surface area contributed by atoms with Gasteiger partial charge in [0.25, 0.3) is 0 Å². The summed E-state index contributed by atoms with van der Waals surface area (Å²) < 4.78 is 50.2. The Labute approximate surface area is 196 Å². The molecule has 2 heterocycles. The number of benzene rings is 2. The average molecular weight is 484 g/mol. The van der Waals surface area contributed by atoms with Crippen LogP contribution in [-0.4, -0.2) is 38.7 Å². The lowest BCUT2D eigenvalue weighted by molar-refractivity contribution is 0.103. The van der Waals surface area contributed by atoms with Gasteiger partial charge in [-0.3, -0.25) is 4.79 Å². The van der Waals surface area contributed by atoms with E-state index in [0.29, 0.717) is 28.8 Å². The minimum Gasteiger partial charge on any atom is -0.497 e. The van der Waals surface area contributed by atoms with E-state index in [9.17, 15) is 13.4 Å². The second-order valence-electron chi connectivity index (χ2n) is 7.79. The van der Waals surface area contributed by atoms with Crippen molar-refractivity contribution in [3.8, 4) is 16.9 Å². The topological polar surface area (TPSA) is 84.1 Å². The summed E-state index contributed by atoms with van der Waals surface area (Å²) in [5, 5.41) is 0.411. The molecule has 0 amide bonds. The van der Waals surface area contributed by atoms with Gasteiger partial charge >= 0.3 is 0 Å². The first-order valence-electron chi connectivity index (χ1n) is 10.5. The summed E-state index contributed by atoms with van der Waals surface area (Å²) in [5.74, 6) is 1.44. The summed E-state index contributed by atoms with van der Waals surface area (Å²) >= 11 is 0. The van der Waals surface area contributed by atoms with Gasteiger partial charge in [0.1, 0.15) is 17.2 Å². The predicted molar refractivity (Wildman–Crippen MR) is 132 cm³/mol. The molecule has 2 aromatic carbocycles. The lowest BCUT2D eigenvalue weighted by atomic mass is 10.00. The molecule has 0 aliphatic rings. The standard InChI is InChI=1S/C25H23F2N3O3S/c1-4-10-34(3,32)30-21-9-8-20(26)22(23(21)27)24(31)19-14-29-25-18(19)12-16(13-28-25)15-6-5-7-17(11-15)33-2/h5-9,11-14H,3-4,10H2,1-2H3,(H,28,29)(H,30,32). The Bertz CT molecular complexity index is 1500. The molecule has 1 atom stereocenters. The molecular weight excluding hydrogens is 460 g/mol. The highest BCUT2D eigenvalue weighted by Crippen LogP contribution is 2.30. The third kappa shape index (κ3) is 4.51. The number of ketones is 1. The maximum absolute atomic E-state index is 15.3. The van der Waals surface area contributed by atoms with Crippen LogP contribution in [0.4, 0.5) is 14.5 Å². The number of aromatic nitrogens is 2. The number of nitrogens with one attached hydrogen (secondary N) is 2. The lowest BCUT2D eigenvalue weighted by Gasteiger charge is -2.14. The molecule has 0 fully saturated rings. The van der Waals surface area contributed by atoms with Crippen LogP contribution in [-0.2, 0) is 9.71 Å². The monoisotopic (exact) mass is 483 g/mol. The number of aromatic amines is 1. The van der Waals surface area contributed by atoms with Gasteiger partial charge in [-0.25, -0.2) is 18.0 Å². The number of ether oxygens (including phenoxy) is 1. The minimum atomic E-state index is -2.84. The van der Waals surface area contributed by atoms with E-state index in [-0.39, 0.29) is 17.0 Å². The number of hydrogen-bond acceptors (Lipinski definition) is 4. The maximum atomic E-state index is 15.3. The summed E-state index contributed by atoms with van der Waals surface area (Å²) in [6.07, 6.45) is 3.56. The van der Waals surface area contributed by atoms with E-state index in [1.807, 2.05) is 25.1 Å². The van der Waals surface area contributed by atoms with Crippen molar-refractivity contribution in [2.75, 3.05) is 17.6 Å². The van der Waals surface area contributed by atoms with Crippen LogP contribution in [0.2, 0.25) is 0 Å². The zero-order valence-electron chi connectivity index (χ0n) is 18.7. The first-order chi connectivity index (χ1) is 16.2. The highest BCUT2D eigenvalue weighted by atomic mass is 32.2. The van der Waals surface area contributed by atoms with Gasteiger partial charge in [-0.15, -0.1) is 0 Å². The third-order valence-electron chi connectivity index (χ3n) is 5.33. The number of anilines is 1. The van der Waals surface area contributed by atoms with Gasteiger partial charge < -0.3 is 14.4 Å². The molecule has 0 spiro atoms. The van der Waals surface area contributed by atoms with Crippen LogP contribution < -0.4 is 9.46 Å². The summed E-state index contributed by atoms with van der Waals surface area (Å²) in [5.41, 5.74) is 0.975. The van der Waals surface area contributed by atoms with Crippen LogP contribution in [0, 0.1) is 11.6 Å². The first-order valence-corrected chi connectivity index (χ1v) is 12.4. The normalized spacial score (nSPS) is 12.9. The van der Waals surface area contributed by atoms with Gasteiger partial charge in [-0.05, 0) is 48.2 Å². The Morgan fingerprint density at radius 2 is 2.00 bits per heavy atom. The summed E-state index contributed by atoms with van der Waals surface area (Å²) in [4.78, 5) is 20.5. The van der Waals surface area contributed by atoms with Crippen LogP contribution in [0.15, 0.2) is 54.9 Å². The first kappa shape index (κ1) is 23.4. The fourth-order valence-corrected chi connectivity index (χ4v) is 5.03. The van der Waals surface area contributed by atoms with Gasteiger partial charge in [0.15, 0.2) is 5.82 Å². The molecule has 0 bridgehead atoms. The quantitative estimate of drug-likeness (QED) is 0.267. The van der Waals surface area contributed by atoms with Gasteiger partial charge in [0, 0.05) is 44.4 Å². The molecule has 0 aliphatic heterocycles. The number of hydrogen-bond donors (Lipinski definition) is 2. The Morgan fingerprint density at radius 1 is 1.21 bits per heavy atom. The molecule has 34 heavy (non-hydrogen) atoms. The number of fused-ring (bicyclic) bond motifs is 1. The van der Waals surface area contributed by atoms with Crippen molar-refractivity contribution in [2.45, 2.75) is 13.3 Å². The Hall–Kier alpha value is -3.72. The molecule has 4 aromatic rings. The van der Waals surface area contributed by atoms with Crippen LogP contribution >= 0.6 is 0 Å². The Kier molecular flexibility index (Phi) is 6.39. The number of pyridine rings is 1. The Morgan fingerprint density at radius 3 is 2.74 bits per heavy atom. The predicted octanol–water partition coefficient (Wildman–Crippen LogP) is 5.20. The van der Waals surface area contributed by atoms with E-state index in [0.717, 1.165) is 17.7 Å². The highest BCUT2D eigenvalue weighted by molar-refractivity contribution is 8.01. The zero-order chi connectivity index (χ0) is 24.5. The molecule has 0 saturated heterocycles. The number of halogens is 2. The molecule has 2 aromatic heterocycles. The fourth-order valence-electron chi connectivity index (χ4n) is 3.71. The maximum Gasteiger partial charge on any atom is 0.201 e. The van der Waals surface area contributed by atoms with Crippen molar-refractivity contribution in [1.82, 2.24) is 9.97 Å². The van der Waals surface area contributed by atoms with E-state index in [1.54, 1.807) is 25.4 Å². The highest BCUT2D eigenvalue weighted by Gasteiger charge is 2.25. The van der Waals surface area contributed by atoms with Crippen LogP contribution in [0.1, 0.15) is 29.3 Å². The van der Waals surface area contributed by atoms with Crippen LogP contribution in [0.5, 0.6) is 5.75 Å². The molecule has 0 saturated carbocycles. The zero-order valence-corrected chi connectivity index (χ0v) is 19.5. The third-order valence-corrected chi connectivity index (χ3v) is 6.99. The molecule has 1 unspecified atom stereocenters. The largest absolute Gasteiger partial charge is 0.497 e. The van der Waals surface area contributed by atoms with Crippen molar-refractivity contribution < 1.29 is 22.5 Å². The minimum absolute atomic E-state index is 0.0612. The van der Waals surface area contributed by atoms with Crippen LogP contribution in [0.25, 0.3) is 22.2 Å². The van der Waals surface area contributed by atoms with Gasteiger partial charge in [0.2, 0.25) is 5.78 Å². The molecule has 0 aliphatic carbocycles. The summed E-state index contributed by atoms with van der Waals surface area (Å²) in [6, 6.07) is 11.1. The van der Waals surface area contributed by atoms with Crippen molar-refractivity contribution >= 4 is 38.1 Å². The SMILES string of the molecule is C=S(=O)(CCC)Nc1ccc(F)c(C(=O)c2c[nH]c3ncc(-c4cccc(OC)c4)cc23)c1F. The van der Waals surface area contributed by atoms with Crippen molar-refractivity contribution in [3.63, 3.8) is 0 Å². The van der Waals surface area contributed by atoms with Crippen molar-refractivity contribution in [1.29, 1.82) is 0 Å². The number of methoxy groups -OCH3 is 1. The van der Waals surface area contributed by atoms with E-state index in [4.69, 9.17) is 4.74 Å². The van der Waals surface area contributed by atoms with E-state index in [1.165, 1.54) is 6.20 Å². The summed E-state index contributed by atoms with van der Waals surface area (Å²) in [7, 11) is -1.28. The van der Waals surface area contributed by atoms with Crippen LogP contribution in [0.3, 0.4) is 0 Å². The number of carbonyl (C=O) groups is 1.